The van der Waals surface area contributed by atoms with Crippen LogP contribution in [0.5, 0.6) is 11.5 Å². The molecule has 3 nitrogen and oxygen atoms in total. The van der Waals surface area contributed by atoms with Crippen LogP contribution in [0.3, 0.4) is 0 Å². The second-order valence-electron chi connectivity index (χ2n) is 5.34. The van der Waals surface area contributed by atoms with Gasteiger partial charge in [-0.1, -0.05) is 38.1 Å². The fourth-order valence-corrected chi connectivity index (χ4v) is 2.83. The van der Waals surface area contributed by atoms with E-state index >= 15 is 0 Å². The lowest BCUT2D eigenvalue weighted by Crippen LogP contribution is -1.98. The van der Waals surface area contributed by atoms with Crippen molar-refractivity contribution >= 4 is 5.57 Å². The minimum atomic E-state index is 0.699. The van der Waals surface area contributed by atoms with E-state index in [1.54, 1.807) is 20.4 Å². The molecule has 2 rings (SSSR count). The highest BCUT2D eigenvalue weighted by Gasteiger charge is 2.11. The number of hydrogen-bond donors (Lipinski definition) is 1. The Bertz CT molecular complexity index is 647. The molecule has 0 fully saturated rings. The number of benzene rings is 2. The van der Waals surface area contributed by atoms with Crippen molar-refractivity contribution in [1.82, 2.24) is 0 Å². The highest BCUT2D eigenvalue weighted by molar-refractivity contribution is 5.81. The zero-order chi connectivity index (χ0) is 16.8. The third-order valence-corrected chi connectivity index (χ3v) is 4.14. The first-order valence-corrected chi connectivity index (χ1v) is 7.94. The molecule has 0 unspecified atom stereocenters. The Morgan fingerprint density at radius 1 is 0.870 bits per heavy atom. The van der Waals surface area contributed by atoms with Crippen LogP contribution < -0.4 is 15.2 Å². The molecule has 122 valence electrons. The Kier molecular flexibility index (Phi) is 5.69. The summed E-state index contributed by atoms with van der Waals surface area (Å²) in [6.07, 6.45) is 3.71. The third kappa shape index (κ3) is 3.50. The summed E-state index contributed by atoms with van der Waals surface area (Å²) in [6, 6.07) is 12.4. The predicted octanol–water partition coefficient (Wildman–Crippen LogP) is 4.18. The monoisotopic (exact) mass is 311 g/mol. The van der Waals surface area contributed by atoms with Gasteiger partial charge in [-0.25, -0.2) is 0 Å². The molecule has 0 saturated heterocycles. The van der Waals surface area contributed by atoms with Crippen molar-refractivity contribution in [2.75, 3.05) is 14.2 Å². The quantitative estimate of drug-likeness (QED) is 0.870. The highest BCUT2D eigenvalue weighted by atomic mass is 16.5. The third-order valence-electron chi connectivity index (χ3n) is 4.14. The van der Waals surface area contributed by atoms with Crippen LogP contribution in [0, 0.1) is 0 Å². The standard InChI is InChI=1S/C20H25NO2/c1-5-14-7-8-16(11-15(14)6-2)18(13-21)17-9-10-19(22-3)20(12-17)23-4/h7-13H,5-6,21H2,1-4H3. The van der Waals surface area contributed by atoms with Gasteiger partial charge in [0, 0.05) is 11.8 Å². The molecule has 0 spiro atoms. The molecule has 0 bridgehead atoms. The molecule has 0 heterocycles. The van der Waals surface area contributed by atoms with Crippen LogP contribution in [-0.2, 0) is 12.8 Å². The van der Waals surface area contributed by atoms with E-state index in [0.29, 0.717) is 11.5 Å². The lowest BCUT2D eigenvalue weighted by atomic mass is 9.93. The average Bonchev–Trinajstić information content (AvgIpc) is 2.61. The van der Waals surface area contributed by atoms with Gasteiger partial charge in [0.1, 0.15) is 0 Å². The number of nitrogens with two attached hydrogens (primary N) is 1. The van der Waals surface area contributed by atoms with Gasteiger partial charge in [-0.05, 0) is 47.2 Å². The van der Waals surface area contributed by atoms with Crippen molar-refractivity contribution in [3.63, 3.8) is 0 Å². The molecule has 0 aromatic heterocycles. The fraction of sp³-hybridized carbons (Fsp3) is 0.300. The SMILES string of the molecule is CCc1ccc(C(=CN)c2ccc(OC)c(OC)c2)cc1CC. The maximum atomic E-state index is 5.93. The molecule has 2 N–H and O–H groups in total. The van der Waals surface area contributed by atoms with E-state index in [-0.39, 0.29) is 0 Å². The highest BCUT2D eigenvalue weighted by Crippen LogP contribution is 2.33. The van der Waals surface area contributed by atoms with Crippen LogP contribution in [0.4, 0.5) is 0 Å². The molecule has 0 saturated carbocycles. The van der Waals surface area contributed by atoms with Crippen molar-refractivity contribution in [2.45, 2.75) is 26.7 Å². The molecule has 0 aliphatic heterocycles. The summed E-state index contributed by atoms with van der Waals surface area (Å²) in [5, 5.41) is 0. The van der Waals surface area contributed by atoms with Gasteiger partial charge in [-0.3, -0.25) is 0 Å². The van der Waals surface area contributed by atoms with E-state index in [9.17, 15) is 0 Å². The van der Waals surface area contributed by atoms with E-state index in [1.165, 1.54) is 11.1 Å². The van der Waals surface area contributed by atoms with Gasteiger partial charge in [-0.2, -0.15) is 0 Å². The Morgan fingerprint density at radius 3 is 2.04 bits per heavy atom. The Balaban J connectivity index is 2.48. The maximum Gasteiger partial charge on any atom is 0.161 e. The molecule has 2 aromatic carbocycles. The lowest BCUT2D eigenvalue weighted by molar-refractivity contribution is 0.355. The van der Waals surface area contributed by atoms with Crippen LogP contribution in [-0.4, -0.2) is 14.2 Å². The zero-order valence-corrected chi connectivity index (χ0v) is 14.3. The van der Waals surface area contributed by atoms with E-state index in [1.807, 2.05) is 18.2 Å². The molecule has 0 radical (unpaired) electrons. The van der Waals surface area contributed by atoms with Crippen molar-refractivity contribution < 1.29 is 9.47 Å². The van der Waals surface area contributed by atoms with Gasteiger partial charge >= 0.3 is 0 Å². The largest absolute Gasteiger partial charge is 0.493 e. The number of hydrogen-bond acceptors (Lipinski definition) is 3. The normalized spacial score (nSPS) is 11.4. The number of rotatable bonds is 6. The second-order valence-corrected chi connectivity index (χ2v) is 5.34. The molecule has 2 aromatic rings. The maximum absolute atomic E-state index is 5.93. The molecule has 0 aliphatic carbocycles. The first-order valence-electron chi connectivity index (χ1n) is 7.94. The fourth-order valence-electron chi connectivity index (χ4n) is 2.83. The summed E-state index contributed by atoms with van der Waals surface area (Å²) in [5.74, 6) is 1.41. The van der Waals surface area contributed by atoms with E-state index < -0.39 is 0 Å². The molecule has 0 aliphatic rings. The van der Waals surface area contributed by atoms with Crippen molar-refractivity contribution in [3.05, 3.63) is 64.9 Å². The van der Waals surface area contributed by atoms with Crippen molar-refractivity contribution in [2.24, 2.45) is 5.73 Å². The smallest absolute Gasteiger partial charge is 0.161 e. The van der Waals surface area contributed by atoms with Gasteiger partial charge in [0.25, 0.3) is 0 Å². The molecule has 23 heavy (non-hydrogen) atoms. The Labute approximate surface area is 138 Å². The van der Waals surface area contributed by atoms with Crippen LogP contribution in [0.25, 0.3) is 5.57 Å². The van der Waals surface area contributed by atoms with Crippen LogP contribution in [0.15, 0.2) is 42.6 Å². The molecule has 0 atom stereocenters. The van der Waals surface area contributed by atoms with E-state index in [0.717, 1.165) is 29.5 Å². The van der Waals surface area contributed by atoms with Crippen LogP contribution >= 0.6 is 0 Å². The minimum Gasteiger partial charge on any atom is -0.493 e. The lowest BCUT2D eigenvalue weighted by Gasteiger charge is -2.14. The van der Waals surface area contributed by atoms with Crippen molar-refractivity contribution in [3.8, 4) is 11.5 Å². The first kappa shape index (κ1) is 16.9. The van der Waals surface area contributed by atoms with Crippen molar-refractivity contribution in [1.29, 1.82) is 0 Å². The Hall–Kier alpha value is -2.42. The molecular formula is C20H25NO2. The van der Waals surface area contributed by atoms with Gasteiger partial charge in [0.05, 0.1) is 14.2 Å². The molecule has 0 amide bonds. The molecular weight excluding hydrogens is 286 g/mol. The number of aryl methyl sites for hydroxylation is 2. The summed E-state index contributed by atoms with van der Waals surface area (Å²) >= 11 is 0. The van der Waals surface area contributed by atoms with Crippen LogP contribution in [0.1, 0.15) is 36.1 Å². The summed E-state index contributed by atoms with van der Waals surface area (Å²) in [5.41, 5.74) is 11.8. The zero-order valence-electron chi connectivity index (χ0n) is 14.3. The van der Waals surface area contributed by atoms with Gasteiger partial charge < -0.3 is 15.2 Å². The summed E-state index contributed by atoms with van der Waals surface area (Å²) in [7, 11) is 3.27. The van der Waals surface area contributed by atoms with Gasteiger partial charge in [-0.15, -0.1) is 0 Å². The van der Waals surface area contributed by atoms with Gasteiger partial charge in [0.15, 0.2) is 11.5 Å². The number of ether oxygens (including phenoxy) is 2. The predicted molar refractivity (Wildman–Crippen MR) is 96.0 cm³/mol. The van der Waals surface area contributed by atoms with Crippen LogP contribution in [0.2, 0.25) is 0 Å². The summed E-state index contributed by atoms with van der Waals surface area (Å²) in [6.45, 7) is 4.36. The first-order chi connectivity index (χ1) is 11.2. The average molecular weight is 311 g/mol. The second kappa shape index (κ2) is 7.73. The Morgan fingerprint density at radius 2 is 1.48 bits per heavy atom. The van der Waals surface area contributed by atoms with E-state index in [2.05, 4.69) is 32.0 Å². The molecule has 3 heteroatoms. The van der Waals surface area contributed by atoms with Gasteiger partial charge in [0.2, 0.25) is 0 Å². The number of methoxy groups -OCH3 is 2. The summed E-state index contributed by atoms with van der Waals surface area (Å²) < 4.78 is 10.7. The summed E-state index contributed by atoms with van der Waals surface area (Å²) in [4.78, 5) is 0. The van der Waals surface area contributed by atoms with E-state index in [4.69, 9.17) is 15.2 Å². The minimum absolute atomic E-state index is 0.699. The topological polar surface area (TPSA) is 44.5 Å².